The summed E-state index contributed by atoms with van der Waals surface area (Å²) in [5.74, 6) is -0.927. The Morgan fingerprint density at radius 2 is 0.571 bits per heavy atom. The van der Waals surface area contributed by atoms with E-state index in [0.29, 0.717) is 19.3 Å². The fourth-order valence-corrected chi connectivity index (χ4v) is 8.41. The predicted molar refractivity (Wildman–Crippen MR) is 302 cm³/mol. The summed E-state index contributed by atoms with van der Waals surface area (Å²) in [4.78, 5) is 38.1. The van der Waals surface area contributed by atoms with Crippen LogP contribution in [0.3, 0.4) is 0 Å². The van der Waals surface area contributed by atoms with Gasteiger partial charge in [-0.15, -0.1) is 0 Å². The van der Waals surface area contributed by atoms with Gasteiger partial charge in [-0.2, -0.15) is 0 Å². The van der Waals surface area contributed by atoms with Gasteiger partial charge in [-0.05, 0) is 103 Å². The van der Waals surface area contributed by atoms with Crippen LogP contribution in [0.15, 0.2) is 72.9 Å². The van der Waals surface area contributed by atoms with Crippen LogP contribution in [0, 0.1) is 0 Å². The van der Waals surface area contributed by atoms with Gasteiger partial charge in [-0.3, -0.25) is 14.4 Å². The third-order valence-corrected chi connectivity index (χ3v) is 12.9. The minimum Gasteiger partial charge on any atom is -0.462 e. The first-order chi connectivity index (χ1) is 34.5. The summed E-state index contributed by atoms with van der Waals surface area (Å²) in [6.45, 7) is 6.47. The van der Waals surface area contributed by atoms with Crippen LogP contribution in [0.5, 0.6) is 0 Å². The molecule has 6 heteroatoms. The maximum absolute atomic E-state index is 12.8. The van der Waals surface area contributed by atoms with Crippen LogP contribution in [0.1, 0.15) is 297 Å². The second-order valence-electron chi connectivity index (χ2n) is 19.9. The fourth-order valence-electron chi connectivity index (χ4n) is 8.41. The van der Waals surface area contributed by atoms with Gasteiger partial charge in [0.15, 0.2) is 6.10 Å². The summed E-state index contributed by atoms with van der Waals surface area (Å²) in [5.41, 5.74) is 0. The van der Waals surface area contributed by atoms with E-state index in [1.807, 2.05) is 0 Å². The number of esters is 3. The van der Waals surface area contributed by atoms with E-state index in [1.165, 1.54) is 148 Å². The van der Waals surface area contributed by atoms with E-state index in [4.69, 9.17) is 14.2 Å². The second-order valence-corrected chi connectivity index (χ2v) is 19.9. The summed E-state index contributed by atoms with van der Waals surface area (Å²) in [6.07, 6.45) is 74.8. The Bertz CT molecular complexity index is 1310. The average molecular weight is 978 g/mol. The lowest BCUT2D eigenvalue weighted by Crippen LogP contribution is -2.30. The maximum Gasteiger partial charge on any atom is 0.306 e. The van der Waals surface area contributed by atoms with Crippen molar-refractivity contribution >= 4 is 17.9 Å². The highest BCUT2D eigenvalue weighted by molar-refractivity contribution is 5.71. The van der Waals surface area contributed by atoms with Crippen LogP contribution >= 0.6 is 0 Å². The van der Waals surface area contributed by atoms with Gasteiger partial charge in [0.1, 0.15) is 13.2 Å². The molecule has 1 atom stereocenters. The highest BCUT2D eigenvalue weighted by Gasteiger charge is 2.19. The highest BCUT2D eigenvalue weighted by Crippen LogP contribution is 2.16. The van der Waals surface area contributed by atoms with Gasteiger partial charge < -0.3 is 14.2 Å². The van der Waals surface area contributed by atoms with Gasteiger partial charge in [-0.25, -0.2) is 0 Å². The predicted octanol–water partition coefficient (Wildman–Crippen LogP) is 20.2. The van der Waals surface area contributed by atoms with Crippen molar-refractivity contribution in [1.29, 1.82) is 0 Å². The number of allylic oxidation sites excluding steroid dienone is 12. The molecule has 0 fully saturated rings. The molecule has 0 radical (unpaired) electrons. The molecular weight excluding hydrogens is 865 g/mol. The number of hydrogen-bond donors (Lipinski definition) is 0. The van der Waals surface area contributed by atoms with Gasteiger partial charge in [0, 0.05) is 19.3 Å². The summed E-state index contributed by atoms with van der Waals surface area (Å²) in [6, 6.07) is 0. The quantitative estimate of drug-likeness (QED) is 0.0261. The summed E-state index contributed by atoms with van der Waals surface area (Å²) < 4.78 is 16.8. The molecule has 0 rings (SSSR count). The van der Waals surface area contributed by atoms with E-state index in [-0.39, 0.29) is 31.1 Å². The number of hydrogen-bond acceptors (Lipinski definition) is 6. The summed E-state index contributed by atoms with van der Waals surface area (Å²) >= 11 is 0. The fraction of sp³-hybridized carbons (Fsp3) is 0.766. The van der Waals surface area contributed by atoms with Crippen molar-refractivity contribution in [1.82, 2.24) is 0 Å². The van der Waals surface area contributed by atoms with Crippen molar-refractivity contribution in [2.75, 3.05) is 13.2 Å². The first-order valence-electron chi connectivity index (χ1n) is 29.9. The van der Waals surface area contributed by atoms with Crippen molar-refractivity contribution in [3.8, 4) is 0 Å². The number of rotatable bonds is 54. The summed E-state index contributed by atoms with van der Waals surface area (Å²) in [7, 11) is 0. The van der Waals surface area contributed by atoms with Gasteiger partial charge in [0.05, 0.1) is 0 Å². The molecular formula is C64H112O6. The van der Waals surface area contributed by atoms with Crippen molar-refractivity contribution < 1.29 is 28.6 Å². The Morgan fingerprint density at radius 1 is 0.300 bits per heavy atom. The molecule has 0 heterocycles. The molecule has 0 saturated heterocycles. The van der Waals surface area contributed by atoms with Crippen LogP contribution in [0.4, 0.5) is 0 Å². The molecule has 0 aromatic rings. The molecule has 0 aliphatic rings. The molecule has 1 unspecified atom stereocenters. The zero-order chi connectivity index (χ0) is 50.7. The molecule has 404 valence electrons. The molecule has 0 bridgehead atoms. The van der Waals surface area contributed by atoms with Gasteiger partial charge in [0.2, 0.25) is 0 Å². The van der Waals surface area contributed by atoms with E-state index < -0.39 is 6.10 Å². The molecule has 0 spiro atoms. The molecule has 0 aromatic heterocycles. The van der Waals surface area contributed by atoms with Crippen LogP contribution in [0.25, 0.3) is 0 Å². The Labute approximate surface area is 433 Å². The van der Waals surface area contributed by atoms with Crippen molar-refractivity contribution in [3.63, 3.8) is 0 Å². The first-order valence-corrected chi connectivity index (χ1v) is 29.9. The van der Waals surface area contributed by atoms with Crippen LogP contribution in [-0.4, -0.2) is 37.2 Å². The van der Waals surface area contributed by atoms with E-state index in [1.54, 1.807) is 0 Å². The molecule has 0 saturated carbocycles. The molecule has 0 aromatic carbocycles. The standard InChI is InChI=1S/C64H112O6/c1-4-7-10-13-16-19-22-25-27-28-29-30-31-32-33-34-35-36-37-40-42-45-48-51-54-57-63(66)69-60-61(59-68-62(65)56-53-50-47-44-41-38-24-21-18-15-12-9-6-3)70-64(67)58-55-52-49-46-43-39-26-23-20-17-14-11-8-5-2/h9,12,14,17-18,21,23,26,28-29,38,41,61H,4-8,10-11,13,15-16,19-20,22,24-25,27,30-37,39-40,42-60H2,1-3H3/b12-9-,17-14-,21-18-,26-23-,29-28-,41-38-. The Morgan fingerprint density at radius 3 is 0.943 bits per heavy atom. The largest absolute Gasteiger partial charge is 0.462 e. The van der Waals surface area contributed by atoms with E-state index in [0.717, 1.165) is 109 Å². The van der Waals surface area contributed by atoms with Crippen LogP contribution < -0.4 is 0 Å². The lowest BCUT2D eigenvalue weighted by molar-refractivity contribution is -0.167. The van der Waals surface area contributed by atoms with Crippen molar-refractivity contribution in [2.45, 2.75) is 303 Å². The second kappa shape index (κ2) is 58.4. The van der Waals surface area contributed by atoms with Gasteiger partial charge in [0.25, 0.3) is 0 Å². The zero-order valence-electron chi connectivity index (χ0n) is 46.3. The molecule has 70 heavy (non-hydrogen) atoms. The smallest absolute Gasteiger partial charge is 0.306 e. The molecule has 0 N–H and O–H groups in total. The Hall–Kier alpha value is -3.15. The molecule has 0 amide bonds. The third kappa shape index (κ3) is 55.8. The number of unbranched alkanes of at least 4 members (excludes halogenated alkanes) is 31. The molecule has 0 aliphatic carbocycles. The van der Waals surface area contributed by atoms with Gasteiger partial charge in [-0.1, -0.05) is 248 Å². The minimum absolute atomic E-state index is 0.0896. The van der Waals surface area contributed by atoms with Crippen LogP contribution in [-0.2, 0) is 28.6 Å². The number of ether oxygens (including phenoxy) is 3. The van der Waals surface area contributed by atoms with Crippen molar-refractivity contribution in [2.24, 2.45) is 0 Å². The Kier molecular flexibility index (Phi) is 55.8. The molecule has 6 nitrogen and oxygen atoms in total. The lowest BCUT2D eigenvalue weighted by atomic mass is 10.0. The lowest BCUT2D eigenvalue weighted by Gasteiger charge is -2.18. The monoisotopic (exact) mass is 977 g/mol. The summed E-state index contributed by atoms with van der Waals surface area (Å²) in [5, 5.41) is 0. The normalized spacial score (nSPS) is 12.6. The van der Waals surface area contributed by atoms with E-state index in [2.05, 4.69) is 93.7 Å². The zero-order valence-corrected chi connectivity index (χ0v) is 46.3. The average Bonchev–Trinajstić information content (AvgIpc) is 3.36. The number of carbonyl (C=O) groups is 3. The minimum atomic E-state index is -0.794. The Balaban J connectivity index is 4.27. The first kappa shape index (κ1) is 66.9. The SMILES string of the molecule is CC/C=C\C/C=C\C/C=C\CCCCCC(=O)OCC(COC(=O)CCCCCCCCCCCCCCC/C=C\CCCCCCCCCC)OC(=O)CCCCCCC/C=C\C/C=C\CCCC. The van der Waals surface area contributed by atoms with E-state index >= 15 is 0 Å². The highest BCUT2D eigenvalue weighted by atomic mass is 16.6. The van der Waals surface area contributed by atoms with Crippen LogP contribution in [0.2, 0.25) is 0 Å². The third-order valence-electron chi connectivity index (χ3n) is 12.9. The molecule has 0 aliphatic heterocycles. The van der Waals surface area contributed by atoms with Gasteiger partial charge >= 0.3 is 17.9 Å². The van der Waals surface area contributed by atoms with Crippen molar-refractivity contribution in [3.05, 3.63) is 72.9 Å². The topological polar surface area (TPSA) is 78.9 Å². The maximum atomic E-state index is 12.8. The number of carbonyl (C=O) groups excluding carboxylic acids is 3. The van der Waals surface area contributed by atoms with E-state index in [9.17, 15) is 14.4 Å².